The van der Waals surface area contributed by atoms with Crippen LogP contribution in [0.3, 0.4) is 0 Å². The van der Waals surface area contributed by atoms with Gasteiger partial charge in [-0.3, -0.25) is 19.5 Å². The van der Waals surface area contributed by atoms with Crippen LogP contribution in [0.1, 0.15) is 37.8 Å². The maximum absolute atomic E-state index is 12.5. The summed E-state index contributed by atoms with van der Waals surface area (Å²) in [6.45, 7) is 4.25. The first kappa shape index (κ1) is 16.3. The summed E-state index contributed by atoms with van der Waals surface area (Å²) in [7, 11) is 0. The molecule has 1 aromatic heterocycles. The van der Waals surface area contributed by atoms with Crippen LogP contribution in [0.4, 0.5) is 11.6 Å². The van der Waals surface area contributed by atoms with Gasteiger partial charge < -0.3 is 5.32 Å². The lowest BCUT2D eigenvalue weighted by molar-refractivity contribution is -0.123. The molecular weight excluding hydrogens is 328 g/mol. The van der Waals surface area contributed by atoms with Crippen LogP contribution in [0.2, 0.25) is 0 Å². The molecule has 6 nitrogen and oxygen atoms in total. The van der Waals surface area contributed by atoms with Crippen molar-refractivity contribution in [1.82, 2.24) is 9.55 Å². The van der Waals surface area contributed by atoms with Crippen LogP contribution in [0.25, 0.3) is 11.0 Å². The number of carbonyl (C=O) groups is 2. The molecule has 2 aromatic carbocycles. The van der Waals surface area contributed by atoms with E-state index in [2.05, 4.69) is 29.5 Å². The van der Waals surface area contributed by atoms with Gasteiger partial charge in [0, 0.05) is 5.69 Å². The second-order valence-corrected chi connectivity index (χ2v) is 6.83. The third-order valence-corrected chi connectivity index (χ3v) is 4.68. The lowest BCUT2D eigenvalue weighted by Crippen LogP contribution is -2.23. The molecule has 0 unspecified atom stereocenters. The quantitative estimate of drug-likeness (QED) is 0.755. The van der Waals surface area contributed by atoms with Gasteiger partial charge >= 0.3 is 0 Å². The number of imidazole rings is 1. The molecule has 2 N–H and O–H groups in total. The van der Waals surface area contributed by atoms with E-state index in [0.717, 1.165) is 16.7 Å². The molecular formula is C20H20N4O2. The van der Waals surface area contributed by atoms with Gasteiger partial charge in [-0.05, 0) is 35.7 Å². The van der Waals surface area contributed by atoms with Gasteiger partial charge in [-0.1, -0.05) is 38.1 Å². The van der Waals surface area contributed by atoms with Crippen LogP contribution in [0.5, 0.6) is 0 Å². The van der Waals surface area contributed by atoms with Crippen LogP contribution in [0.15, 0.2) is 48.5 Å². The summed E-state index contributed by atoms with van der Waals surface area (Å²) in [5, 5.41) is 5.63. The van der Waals surface area contributed by atoms with Crippen molar-refractivity contribution in [3.8, 4) is 0 Å². The predicted octanol–water partition coefficient (Wildman–Crippen LogP) is 3.68. The van der Waals surface area contributed by atoms with Crippen LogP contribution >= 0.6 is 0 Å². The number of benzene rings is 2. The van der Waals surface area contributed by atoms with Gasteiger partial charge in [-0.25, -0.2) is 4.98 Å². The number of anilines is 2. The number of carbonyl (C=O) groups excluding carboxylic acids is 2. The van der Waals surface area contributed by atoms with E-state index >= 15 is 0 Å². The lowest BCUT2D eigenvalue weighted by atomic mass is 10.0. The number of rotatable bonds is 4. The molecule has 26 heavy (non-hydrogen) atoms. The highest BCUT2D eigenvalue weighted by Crippen LogP contribution is 2.32. The van der Waals surface area contributed by atoms with E-state index in [1.165, 1.54) is 5.56 Å². The van der Waals surface area contributed by atoms with Gasteiger partial charge in [0.2, 0.25) is 17.8 Å². The van der Waals surface area contributed by atoms with Crippen LogP contribution < -0.4 is 10.6 Å². The number of hydrogen-bond donors (Lipinski definition) is 2. The Hall–Kier alpha value is -3.15. The SMILES string of the molecule is CC(C)c1ccc(NC(=O)C[C@H]2C(=O)Nc3nc4ccccc4n32)cc1. The van der Waals surface area contributed by atoms with E-state index in [1.807, 2.05) is 48.5 Å². The highest BCUT2D eigenvalue weighted by Gasteiger charge is 2.34. The van der Waals surface area contributed by atoms with E-state index in [1.54, 1.807) is 4.57 Å². The Morgan fingerprint density at radius 3 is 2.65 bits per heavy atom. The number of para-hydroxylation sites is 2. The molecule has 2 amide bonds. The van der Waals surface area contributed by atoms with Crippen LogP contribution in [-0.4, -0.2) is 21.4 Å². The summed E-state index contributed by atoms with van der Waals surface area (Å²) in [4.78, 5) is 29.2. The van der Waals surface area contributed by atoms with Gasteiger partial charge in [0.05, 0.1) is 17.5 Å². The van der Waals surface area contributed by atoms with Crippen molar-refractivity contribution in [2.45, 2.75) is 32.2 Å². The molecule has 0 saturated carbocycles. The largest absolute Gasteiger partial charge is 0.326 e. The fourth-order valence-electron chi connectivity index (χ4n) is 3.28. The van der Waals surface area contributed by atoms with E-state index in [0.29, 0.717) is 11.9 Å². The maximum Gasteiger partial charge on any atom is 0.250 e. The summed E-state index contributed by atoms with van der Waals surface area (Å²) in [5.41, 5.74) is 3.60. The minimum atomic E-state index is -0.590. The fraction of sp³-hybridized carbons (Fsp3) is 0.250. The zero-order valence-corrected chi connectivity index (χ0v) is 14.7. The van der Waals surface area contributed by atoms with Crippen LogP contribution in [0, 0.1) is 0 Å². The summed E-state index contributed by atoms with van der Waals surface area (Å²) < 4.78 is 1.80. The van der Waals surface area contributed by atoms with Gasteiger partial charge in [-0.2, -0.15) is 0 Å². The van der Waals surface area contributed by atoms with E-state index in [-0.39, 0.29) is 18.2 Å². The molecule has 2 heterocycles. The molecule has 0 aliphatic carbocycles. The Labute approximate surface area is 151 Å². The zero-order chi connectivity index (χ0) is 18.3. The summed E-state index contributed by atoms with van der Waals surface area (Å²) in [5.74, 6) is 0.529. The topological polar surface area (TPSA) is 76.0 Å². The zero-order valence-electron chi connectivity index (χ0n) is 14.7. The average molecular weight is 348 g/mol. The molecule has 0 spiro atoms. The number of amides is 2. The summed E-state index contributed by atoms with van der Waals surface area (Å²) >= 11 is 0. The maximum atomic E-state index is 12.5. The Bertz CT molecular complexity index is 989. The summed E-state index contributed by atoms with van der Waals surface area (Å²) in [6.07, 6.45) is 0.0606. The molecule has 6 heteroatoms. The van der Waals surface area contributed by atoms with Crippen molar-refractivity contribution in [1.29, 1.82) is 0 Å². The summed E-state index contributed by atoms with van der Waals surface area (Å²) in [6, 6.07) is 14.8. The first-order chi connectivity index (χ1) is 12.5. The minimum Gasteiger partial charge on any atom is -0.326 e. The Kier molecular flexibility index (Phi) is 3.95. The number of fused-ring (bicyclic) bond motifs is 3. The third kappa shape index (κ3) is 2.83. The third-order valence-electron chi connectivity index (χ3n) is 4.68. The molecule has 4 rings (SSSR count). The average Bonchev–Trinajstić information content (AvgIpc) is 3.11. The number of aromatic nitrogens is 2. The van der Waals surface area contributed by atoms with E-state index in [4.69, 9.17) is 0 Å². The molecule has 0 fully saturated rings. The van der Waals surface area contributed by atoms with E-state index < -0.39 is 6.04 Å². The van der Waals surface area contributed by atoms with Crippen molar-refractivity contribution >= 4 is 34.5 Å². The fourth-order valence-corrected chi connectivity index (χ4v) is 3.28. The standard InChI is InChI=1S/C20H20N4O2/c1-12(2)13-7-9-14(10-8-13)21-18(25)11-17-19(26)23-20-22-15-5-3-4-6-16(15)24(17)20/h3-10,12,17H,11H2,1-2H3,(H,21,25)(H,22,23,26)/t17-/m0/s1. The van der Waals surface area contributed by atoms with Crippen molar-refractivity contribution in [3.63, 3.8) is 0 Å². The first-order valence-electron chi connectivity index (χ1n) is 8.70. The molecule has 1 aliphatic heterocycles. The highest BCUT2D eigenvalue weighted by molar-refractivity contribution is 6.03. The second-order valence-electron chi connectivity index (χ2n) is 6.83. The molecule has 0 bridgehead atoms. The van der Waals surface area contributed by atoms with Crippen molar-refractivity contribution in [2.24, 2.45) is 0 Å². The van der Waals surface area contributed by atoms with Gasteiger partial charge in [0.15, 0.2) is 0 Å². The smallest absolute Gasteiger partial charge is 0.250 e. The molecule has 0 saturated heterocycles. The lowest BCUT2D eigenvalue weighted by Gasteiger charge is -2.12. The van der Waals surface area contributed by atoms with Gasteiger partial charge in [0.1, 0.15) is 6.04 Å². The number of hydrogen-bond acceptors (Lipinski definition) is 3. The number of nitrogens with zero attached hydrogens (tertiary/aromatic N) is 2. The van der Waals surface area contributed by atoms with Crippen molar-refractivity contribution in [3.05, 3.63) is 54.1 Å². The molecule has 1 aliphatic rings. The molecule has 3 aromatic rings. The molecule has 132 valence electrons. The van der Waals surface area contributed by atoms with Gasteiger partial charge in [0.25, 0.3) is 0 Å². The van der Waals surface area contributed by atoms with E-state index in [9.17, 15) is 9.59 Å². The monoisotopic (exact) mass is 348 g/mol. The molecule has 0 radical (unpaired) electrons. The molecule has 1 atom stereocenters. The predicted molar refractivity (Wildman–Crippen MR) is 101 cm³/mol. The van der Waals surface area contributed by atoms with Gasteiger partial charge in [-0.15, -0.1) is 0 Å². The first-order valence-corrected chi connectivity index (χ1v) is 8.70. The Morgan fingerprint density at radius 1 is 1.19 bits per heavy atom. The highest BCUT2D eigenvalue weighted by atomic mass is 16.2. The van der Waals surface area contributed by atoms with Crippen molar-refractivity contribution in [2.75, 3.05) is 10.6 Å². The number of nitrogens with one attached hydrogen (secondary N) is 2. The Morgan fingerprint density at radius 2 is 1.92 bits per heavy atom. The van der Waals surface area contributed by atoms with Crippen LogP contribution in [-0.2, 0) is 9.59 Å². The van der Waals surface area contributed by atoms with Crippen molar-refractivity contribution < 1.29 is 9.59 Å². The Balaban J connectivity index is 1.52. The second kappa shape index (κ2) is 6.29. The normalized spacial score (nSPS) is 16.0. The minimum absolute atomic E-state index is 0.0606.